The summed E-state index contributed by atoms with van der Waals surface area (Å²) in [5.41, 5.74) is 5.10. The molecular weight excluding hydrogens is 166 g/mol. The van der Waals surface area contributed by atoms with Gasteiger partial charge in [-0.15, -0.1) is 0 Å². The number of guanidine groups is 1. The van der Waals surface area contributed by atoms with Gasteiger partial charge in [-0.25, -0.2) is 0 Å². The van der Waals surface area contributed by atoms with Gasteiger partial charge in [0.25, 0.3) is 0 Å². The summed E-state index contributed by atoms with van der Waals surface area (Å²) in [6.45, 7) is 4.50. The Morgan fingerprint density at radius 1 is 1.62 bits per heavy atom. The largest absolute Gasteiger partial charge is 0.370 e. The molecule has 76 valence electrons. The third-order valence-corrected chi connectivity index (χ3v) is 2.03. The van der Waals surface area contributed by atoms with Gasteiger partial charge in [0.2, 0.25) is 0 Å². The van der Waals surface area contributed by atoms with Gasteiger partial charge in [-0.05, 0) is 12.8 Å². The second kappa shape index (κ2) is 6.46. The van der Waals surface area contributed by atoms with Gasteiger partial charge in [0.15, 0.2) is 5.96 Å². The number of hydrogen-bond donors (Lipinski definition) is 3. The van der Waals surface area contributed by atoms with Crippen molar-refractivity contribution < 1.29 is 4.79 Å². The molecule has 0 aliphatic heterocycles. The van der Waals surface area contributed by atoms with Gasteiger partial charge >= 0.3 is 0 Å². The lowest BCUT2D eigenvalue weighted by atomic mass is 9.99. The van der Waals surface area contributed by atoms with E-state index < -0.39 is 0 Å². The van der Waals surface area contributed by atoms with E-state index in [1.807, 2.05) is 13.8 Å². The van der Waals surface area contributed by atoms with Gasteiger partial charge in [-0.2, -0.15) is 0 Å². The molecule has 0 rings (SSSR count). The topological polar surface area (TPSA) is 79.0 Å². The van der Waals surface area contributed by atoms with Crippen LogP contribution in [0.2, 0.25) is 0 Å². The van der Waals surface area contributed by atoms with Crippen LogP contribution in [0.1, 0.15) is 33.1 Å². The lowest BCUT2D eigenvalue weighted by molar-refractivity contribution is -0.122. The molecule has 0 saturated heterocycles. The van der Waals surface area contributed by atoms with Crippen molar-refractivity contribution in [3.05, 3.63) is 0 Å². The van der Waals surface area contributed by atoms with Crippen LogP contribution >= 0.6 is 0 Å². The first-order valence-electron chi connectivity index (χ1n) is 4.68. The maximum absolute atomic E-state index is 11.2. The Hall–Kier alpha value is -1.06. The minimum absolute atomic E-state index is 0.00512. The zero-order valence-electron chi connectivity index (χ0n) is 8.39. The van der Waals surface area contributed by atoms with Crippen molar-refractivity contribution in [3.8, 4) is 0 Å². The van der Waals surface area contributed by atoms with Crippen LogP contribution in [-0.2, 0) is 4.79 Å². The molecule has 4 heteroatoms. The SMILES string of the molecule is CCC(=O)[C@@H](C)CCCNC(=N)N. The fourth-order valence-corrected chi connectivity index (χ4v) is 1.14. The summed E-state index contributed by atoms with van der Waals surface area (Å²) in [6, 6.07) is 0. The van der Waals surface area contributed by atoms with Crippen LogP contribution in [0.4, 0.5) is 0 Å². The highest BCUT2D eigenvalue weighted by Gasteiger charge is 2.09. The maximum atomic E-state index is 11.2. The molecule has 0 aliphatic carbocycles. The van der Waals surface area contributed by atoms with Gasteiger partial charge in [0, 0.05) is 18.9 Å². The standard InChI is InChI=1S/C9H19N3O/c1-3-8(13)7(2)5-4-6-12-9(10)11/h7H,3-6H2,1-2H3,(H4,10,11,12)/t7-/m0/s1. The Balaban J connectivity index is 3.42. The van der Waals surface area contributed by atoms with Crippen LogP contribution in [0.3, 0.4) is 0 Å². The van der Waals surface area contributed by atoms with E-state index in [2.05, 4.69) is 5.32 Å². The molecule has 0 spiro atoms. The lowest BCUT2D eigenvalue weighted by Crippen LogP contribution is -2.31. The van der Waals surface area contributed by atoms with E-state index in [1.54, 1.807) is 0 Å². The van der Waals surface area contributed by atoms with E-state index in [4.69, 9.17) is 11.1 Å². The Bertz CT molecular complexity index is 180. The summed E-state index contributed by atoms with van der Waals surface area (Å²) >= 11 is 0. The molecule has 0 unspecified atom stereocenters. The number of ketones is 1. The van der Waals surface area contributed by atoms with Crippen LogP contribution in [0.25, 0.3) is 0 Å². The van der Waals surface area contributed by atoms with Crippen molar-refractivity contribution in [2.75, 3.05) is 6.54 Å². The van der Waals surface area contributed by atoms with E-state index >= 15 is 0 Å². The summed E-state index contributed by atoms with van der Waals surface area (Å²) < 4.78 is 0. The van der Waals surface area contributed by atoms with Crippen molar-refractivity contribution >= 4 is 11.7 Å². The monoisotopic (exact) mass is 185 g/mol. The third-order valence-electron chi connectivity index (χ3n) is 2.03. The van der Waals surface area contributed by atoms with Crippen molar-refractivity contribution in [2.24, 2.45) is 11.7 Å². The van der Waals surface area contributed by atoms with E-state index in [0.29, 0.717) is 18.7 Å². The average Bonchev–Trinajstić information content (AvgIpc) is 2.10. The highest BCUT2D eigenvalue weighted by atomic mass is 16.1. The Morgan fingerprint density at radius 2 is 2.23 bits per heavy atom. The fourth-order valence-electron chi connectivity index (χ4n) is 1.14. The first-order valence-corrected chi connectivity index (χ1v) is 4.68. The van der Waals surface area contributed by atoms with Gasteiger partial charge in [0.05, 0.1) is 0 Å². The maximum Gasteiger partial charge on any atom is 0.185 e. The first kappa shape index (κ1) is 11.9. The zero-order chi connectivity index (χ0) is 10.3. The molecule has 0 aromatic heterocycles. The molecular formula is C9H19N3O. The lowest BCUT2D eigenvalue weighted by Gasteiger charge is -2.08. The summed E-state index contributed by atoms with van der Waals surface area (Å²) in [5, 5.41) is 9.61. The highest BCUT2D eigenvalue weighted by Crippen LogP contribution is 2.07. The minimum Gasteiger partial charge on any atom is -0.370 e. The van der Waals surface area contributed by atoms with Crippen LogP contribution < -0.4 is 11.1 Å². The Morgan fingerprint density at radius 3 is 2.69 bits per heavy atom. The van der Waals surface area contributed by atoms with Crippen LogP contribution in [0.5, 0.6) is 0 Å². The smallest absolute Gasteiger partial charge is 0.185 e. The van der Waals surface area contributed by atoms with Crippen LogP contribution in [0.15, 0.2) is 0 Å². The molecule has 0 aromatic carbocycles. The van der Waals surface area contributed by atoms with Crippen molar-refractivity contribution in [2.45, 2.75) is 33.1 Å². The molecule has 0 aromatic rings. The second-order valence-corrected chi connectivity index (χ2v) is 3.20. The van der Waals surface area contributed by atoms with E-state index in [0.717, 1.165) is 12.8 Å². The molecule has 0 aliphatic rings. The normalized spacial score (nSPS) is 12.2. The summed E-state index contributed by atoms with van der Waals surface area (Å²) in [5.74, 6) is 0.441. The van der Waals surface area contributed by atoms with Gasteiger partial charge in [-0.3, -0.25) is 10.2 Å². The molecule has 1 atom stereocenters. The van der Waals surface area contributed by atoms with Crippen LogP contribution in [-0.4, -0.2) is 18.3 Å². The molecule has 4 nitrogen and oxygen atoms in total. The minimum atomic E-state index is -0.00512. The number of nitrogens with two attached hydrogens (primary N) is 1. The number of hydrogen-bond acceptors (Lipinski definition) is 2. The summed E-state index contributed by atoms with van der Waals surface area (Å²) in [6.07, 6.45) is 2.36. The predicted molar refractivity (Wildman–Crippen MR) is 53.6 cm³/mol. The first-order chi connectivity index (χ1) is 6.07. The number of carbonyl (C=O) groups is 1. The van der Waals surface area contributed by atoms with Gasteiger partial charge in [-0.1, -0.05) is 13.8 Å². The third kappa shape index (κ3) is 6.13. The van der Waals surface area contributed by atoms with Crippen molar-refractivity contribution in [3.63, 3.8) is 0 Å². The molecule has 0 bridgehead atoms. The Kier molecular flexibility index (Phi) is 5.93. The fraction of sp³-hybridized carbons (Fsp3) is 0.778. The quantitative estimate of drug-likeness (QED) is 0.326. The van der Waals surface area contributed by atoms with Crippen molar-refractivity contribution in [1.29, 1.82) is 5.41 Å². The van der Waals surface area contributed by atoms with Crippen LogP contribution in [0, 0.1) is 11.3 Å². The van der Waals surface area contributed by atoms with E-state index in [-0.39, 0.29) is 11.9 Å². The molecule has 0 saturated carbocycles. The summed E-state index contributed by atoms with van der Waals surface area (Å²) in [7, 11) is 0. The number of rotatable bonds is 6. The summed E-state index contributed by atoms with van der Waals surface area (Å²) in [4.78, 5) is 11.2. The molecule has 4 N–H and O–H groups in total. The van der Waals surface area contributed by atoms with E-state index in [1.165, 1.54) is 0 Å². The van der Waals surface area contributed by atoms with Gasteiger partial charge in [0.1, 0.15) is 5.78 Å². The average molecular weight is 185 g/mol. The number of Topliss-reactive ketones (excluding diaryl/α,β-unsaturated/α-hetero) is 1. The Labute approximate surface area is 79.4 Å². The predicted octanol–water partition coefficient (Wildman–Crippen LogP) is 0.865. The van der Waals surface area contributed by atoms with Gasteiger partial charge < -0.3 is 11.1 Å². The molecule has 0 heterocycles. The van der Waals surface area contributed by atoms with E-state index in [9.17, 15) is 4.79 Å². The molecule has 0 amide bonds. The molecule has 13 heavy (non-hydrogen) atoms. The zero-order valence-corrected chi connectivity index (χ0v) is 8.39. The molecule has 0 fully saturated rings. The second-order valence-electron chi connectivity index (χ2n) is 3.20. The number of nitrogens with one attached hydrogen (secondary N) is 2. The number of carbonyl (C=O) groups excluding carboxylic acids is 1. The highest BCUT2D eigenvalue weighted by molar-refractivity contribution is 5.80. The molecule has 0 radical (unpaired) electrons. The van der Waals surface area contributed by atoms with Crippen molar-refractivity contribution in [1.82, 2.24) is 5.32 Å².